The molecule has 0 radical (unpaired) electrons. The van der Waals surface area contributed by atoms with E-state index in [0.29, 0.717) is 37.2 Å². The van der Waals surface area contributed by atoms with Crippen LogP contribution in [-0.2, 0) is 26.2 Å². The molecule has 1 aliphatic carbocycles. The van der Waals surface area contributed by atoms with Gasteiger partial charge in [0.2, 0.25) is 0 Å². The molecule has 3 atom stereocenters. The molecule has 0 saturated heterocycles. The maximum Gasteiger partial charge on any atom is 0.514 e. The van der Waals surface area contributed by atoms with E-state index < -0.39 is 46.1 Å². The highest BCUT2D eigenvalue weighted by molar-refractivity contribution is 5.95. The van der Waals surface area contributed by atoms with Crippen molar-refractivity contribution in [1.82, 2.24) is 20.1 Å². The van der Waals surface area contributed by atoms with Gasteiger partial charge in [-0.3, -0.25) is 15.1 Å². The second-order valence-electron chi connectivity index (χ2n) is 17.0. The van der Waals surface area contributed by atoms with Crippen molar-refractivity contribution in [2.45, 2.75) is 149 Å². The number of nitrogens with zero attached hydrogens (tertiary/aromatic N) is 5. The smallest absolute Gasteiger partial charge is 0.444 e. The molecular formula is C40H56N6O9. The number of pyridine rings is 1. The Bertz CT molecular complexity index is 1800. The highest BCUT2D eigenvalue weighted by atomic mass is 16.7. The molecule has 0 unspecified atom stereocenters. The molecule has 1 saturated carbocycles. The van der Waals surface area contributed by atoms with E-state index in [0.717, 1.165) is 30.7 Å². The Labute approximate surface area is 323 Å². The van der Waals surface area contributed by atoms with Gasteiger partial charge in [0.05, 0.1) is 21.8 Å². The molecule has 0 aliphatic heterocycles. The number of non-ortho nitro benzene ring substituents is 1. The van der Waals surface area contributed by atoms with Crippen molar-refractivity contribution >= 4 is 35.5 Å². The summed E-state index contributed by atoms with van der Waals surface area (Å²) in [4.78, 5) is 55.3. The average molecular weight is 765 g/mol. The first-order valence-electron chi connectivity index (χ1n) is 18.8. The third-order valence-electron chi connectivity index (χ3n) is 8.61. The fraction of sp³-hybridized carbons (Fsp3) is 0.575. The molecule has 1 aliphatic rings. The number of benzene rings is 1. The van der Waals surface area contributed by atoms with Crippen molar-refractivity contribution in [3.8, 4) is 5.75 Å². The van der Waals surface area contributed by atoms with Gasteiger partial charge < -0.3 is 24.3 Å². The molecule has 1 fully saturated rings. The van der Waals surface area contributed by atoms with Crippen molar-refractivity contribution in [3.05, 3.63) is 70.2 Å². The van der Waals surface area contributed by atoms with Crippen LogP contribution in [0.15, 0.2) is 48.7 Å². The van der Waals surface area contributed by atoms with Gasteiger partial charge in [-0.05, 0) is 132 Å². The lowest BCUT2D eigenvalue weighted by atomic mass is 10.0. The predicted molar refractivity (Wildman–Crippen MR) is 207 cm³/mol. The number of ether oxygens (including phenoxy) is 4. The van der Waals surface area contributed by atoms with Gasteiger partial charge in [-0.15, -0.1) is 0 Å². The first-order chi connectivity index (χ1) is 25.6. The second kappa shape index (κ2) is 17.5. The van der Waals surface area contributed by atoms with E-state index in [2.05, 4.69) is 10.3 Å². The van der Waals surface area contributed by atoms with Crippen molar-refractivity contribution in [2.75, 3.05) is 4.90 Å². The minimum atomic E-state index is -0.892. The Morgan fingerprint density at radius 3 is 2.25 bits per heavy atom. The molecule has 3 aromatic rings. The third-order valence-corrected chi connectivity index (χ3v) is 8.61. The molecule has 1 N–H and O–H groups in total. The standard InChI is InChI=1S/C40H56N6O9/c1-26(42-35(47)54-39(5,6)7)13-11-12-14-28-24-30(21-22-41-28)44(36(48)55-40(8,9)10)34-25-33(43-45(34)38(2,3)4)27-15-18-32(23-27)53-37(49)52-31-19-16-29(17-20-31)46(50)51/h16-17,19-22,24-27,32H,11-15,18,23H2,1-10H3,(H,42,47)/t26-,27-,32+/m0/s1. The molecule has 4 rings (SSSR count). The second-order valence-corrected chi connectivity index (χ2v) is 17.0. The van der Waals surface area contributed by atoms with Gasteiger partial charge in [0, 0.05) is 42.0 Å². The third kappa shape index (κ3) is 13.0. The summed E-state index contributed by atoms with van der Waals surface area (Å²) in [6.07, 6.45) is 4.22. The molecule has 1 aromatic carbocycles. The summed E-state index contributed by atoms with van der Waals surface area (Å²) in [6, 6.07) is 10.7. The lowest BCUT2D eigenvalue weighted by Gasteiger charge is -2.30. The van der Waals surface area contributed by atoms with Crippen LogP contribution < -0.4 is 15.0 Å². The first kappa shape index (κ1) is 42.5. The van der Waals surface area contributed by atoms with Crippen LogP contribution in [0.25, 0.3) is 0 Å². The molecule has 2 amide bonds. The SMILES string of the molecule is C[C@@H](CCCCc1cc(N(C(=O)OC(C)(C)C)c2cc([C@H]3CC[C@@H](OC(=O)Oc4ccc([N+](=O)[O-])cc4)C3)nn2C(C)(C)C)ccn1)NC(=O)OC(C)(C)C. The van der Waals surface area contributed by atoms with Crippen molar-refractivity contribution in [2.24, 2.45) is 0 Å². The molecular weight excluding hydrogens is 708 g/mol. The van der Waals surface area contributed by atoms with Gasteiger partial charge in [0.25, 0.3) is 5.69 Å². The van der Waals surface area contributed by atoms with Crippen LogP contribution in [0.2, 0.25) is 0 Å². The Morgan fingerprint density at radius 1 is 0.964 bits per heavy atom. The maximum atomic E-state index is 14.1. The zero-order chi connectivity index (χ0) is 40.7. The molecule has 55 heavy (non-hydrogen) atoms. The topological polar surface area (TPSA) is 177 Å². The Balaban J connectivity index is 1.50. The zero-order valence-electron chi connectivity index (χ0n) is 33.7. The predicted octanol–water partition coefficient (Wildman–Crippen LogP) is 9.49. The normalized spacial score (nSPS) is 16.5. The lowest BCUT2D eigenvalue weighted by Crippen LogP contribution is -2.37. The number of amides is 2. The number of nitrogens with one attached hydrogen (secondary N) is 1. The Hall–Kier alpha value is -5.21. The van der Waals surface area contributed by atoms with Crippen LogP contribution in [0.1, 0.15) is 125 Å². The monoisotopic (exact) mass is 764 g/mol. The highest BCUT2D eigenvalue weighted by Crippen LogP contribution is 2.40. The number of hydrogen-bond donors (Lipinski definition) is 1. The maximum absolute atomic E-state index is 14.1. The number of aryl methyl sites for hydroxylation is 1. The number of rotatable bonds is 12. The number of nitro groups is 1. The van der Waals surface area contributed by atoms with Crippen molar-refractivity contribution < 1.29 is 38.3 Å². The van der Waals surface area contributed by atoms with Crippen LogP contribution in [0.4, 0.5) is 31.6 Å². The summed E-state index contributed by atoms with van der Waals surface area (Å²) < 4.78 is 24.0. The average Bonchev–Trinajstić information content (AvgIpc) is 3.70. The van der Waals surface area contributed by atoms with E-state index in [-0.39, 0.29) is 23.4 Å². The van der Waals surface area contributed by atoms with Crippen molar-refractivity contribution in [1.29, 1.82) is 0 Å². The van der Waals surface area contributed by atoms with Gasteiger partial charge in [-0.1, -0.05) is 6.42 Å². The van der Waals surface area contributed by atoms with Crippen LogP contribution in [0.3, 0.4) is 0 Å². The summed E-state index contributed by atoms with van der Waals surface area (Å²) >= 11 is 0. The number of carbonyl (C=O) groups excluding carboxylic acids is 3. The Morgan fingerprint density at radius 2 is 1.64 bits per heavy atom. The summed E-state index contributed by atoms with van der Waals surface area (Å²) in [5.41, 5.74) is 0.149. The number of nitro benzene ring substituents is 1. The van der Waals surface area contributed by atoms with Crippen LogP contribution >= 0.6 is 0 Å². The summed E-state index contributed by atoms with van der Waals surface area (Å²) in [5, 5.41) is 18.8. The number of unbranched alkanes of at least 4 members (excludes halogenated alkanes) is 1. The van der Waals surface area contributed by atoms with E-state index in [9.17, 15) is 24.5 Å². The zero-order valence-corrected chi connectivity index (χ0v) is 33.7. The minimum absolute atomic E-state index is 0.0540. The molecule has 2 heterocycles. The van der Waals surface area contributed by atoms with Crippen LogP contribution in [0.5, 0.6) is 5.75 Å². The highest BCUT2D eigenvalue weighted by Gasteiger charge is 2.36. The molecule has 300 valence electrons. The quantitative estimate of drug-likeness (QED) is 0.0464. The summed E-state index contributed by atoms with van der Waals surface area (Å²) in [6.45, 7) is 18.9. The first-order valence-corrected chi connectivity index (χ1v) is 18.8. The number of carbonyl (C=O) groups is 3. The molecule has 2 aromatic heterocycles. The van der Waals surface area contributed by atoms with Crippen LogP contribution in [-0.4, -0.2) is 61.4 Å². The van der Waals surface area contributed by atoms with E-state index in [1.165, 1.54) is 29.2 Å². The van der Waals surface area contributed by atoms with Gasteiger partial charge in [0.1, 0.15) is 28.9 Å². The van der Waals surface area contributed by atoms with Crippen molar-refractivity contribution in [3.63, 3.8) is 0 Å². The number of alkyl carbamates (subject to hydrolysis) is 1. The van der Waals surface area contributed by atoms with Gasteiger partial charge in [0.15, 0.2) is 0 Å². The van der Waals surface area contributed by atoms with E-state index in [4.69, 9.17) is 24.0 Å². The molecule has 0 spiro atoms. The molecule has 0 bridgehead atoms. The van der Waals surface area contributed by atoms with Gasteiger partial charge in [-0.25, -0.2) is 24.0 Å². The molecule has 15 heteroatoms. The van der Waals surface area contributed by atoms with E-state index in [1.54, 1.807) is 12.3 Å². The Kier molecular flexibility index (Phi) is 13.5. The number of aromatic nitrogens is 3. The van der Waals surface area contributed by atoms with Gasteiger partial charge >= 0.3 is 18.3 Å². The summed E-state index contributed by atoms with van der Waals surface area (Å²) in [7, 11) is 0. The number of hydrogen-bond acceptors (Lipinski definition) is 11. The van der Waals surface area contributed by atoms with Crippen LogP contribution in [0, 0.1) is 10.1 Å². The fourth-order valence-electron chi connectivity index (χ4n) is 6.17. The van der Waals surface area contributed by atoms with Gasteiger partial charge in [-0.2, -0.15) is 5.10 Å². The fourth-order valence-corrected chi connectivity index (χ4v) is 6.17. The van der Waals surface area contributed by atoms with E-state index in [1.807, 2.05) is 86.1 Å². The number of anilines is 2. The summed E-state index contributed by atoms with van der Waals surface area (Å²) in [5.74, 6) is 0.598. The lowest BCUT2D eigenvalue weighted by molar-refractivity contribution is -0.384. The van der Waals surface area contributed by atoms with E-state index >= 15 is 0 Å². The largest absolute Gasteiger partial charge is 0.514 e. The molecule has 15 nitrogen and oxygen atoms in total. The minimum Gasteiger partial charge on any atom is -0.444 e.